The average molecular weight is 196 g/mol. The van der Waals surface area contributed by atoms with Crippen molar-refractivity contribution in [2.45, 2.75) is 52.5 Å². The van der Waals surface area contributed by atoms with Crippen LogP contribution in [0.3, 0.4) is 0 Å². The normalized spacial score (nSPS) is 42.6. The molecule has 2 heterocycles. The first-order valence-electron chi connectivity index (χ1n) is 6.50. The molecule has 2 fully saturated rings. The SMILES string of the molecule is CC1CC(C)C(C)[N+]2(CCCCC2)C1. The van der Waals surface area contributed by atoms with Crippen LogP contribution in [0.15, 0.2) is 0 Å². The Morgan fingerprint density at radius 2 is 1.57 bits per heavy atom. The quantitative estimate of drug-likeness (QED) is 0.522. The van der Waals surface area contributed by atoms with Crippen molar-refractivity contribution in [1.29, 1.82) is 0 Å². The Balaban J connectivity index is 2.13. The van der Waals surface area contributed by atoms with Gasteiger partial charge < -0.3 is 4.48 Å². The van der Waals surface area contributed by atoms with Gasteiger partial charge in [0.25, 0.3) is 0 Å². The molecule has 3 atom stereocenters. The molecule has 0 saturated carbocycles. The van der Waals surface area contributed by atoms with Gasteiger partial charge in [-0.05, 0) is 32.6 Å². The summed E-state index contributed by atoms with van der Waals surface area (Å²) in [6.45, 7) is 11.8. The number of hydrogen-bond acceptors (Lipinski definition) is 0. The van der Waals surface area contributed by atoms with Gasteiger partial charge in [0.2, 0.25) is 0 Å². The van der Waals surface area contributed by atoms with Crippen LogP contribution in [0.1, 0.15) is 46.5 Å². The minimum absolute atomic E-state index is 0.923. The molecule has 1 heteroatoms. The number of quaternary nitrogens is 1. The van der Waals surface area contributed by atoms with Crippen molar-refractivity contribution < 1.29 is 4.48 Å². The van der Waals surface area contributed by atoms with Crippen molar-refractivity contribution >= 4 is 0 Å². The van der Waals surface area contributed by atoms with Gasteiger partial charge in [0.05, 0.1) is 25.7 Å². The van der Waals surface area contributed by atoms with Gasteiger partial charge in [0.1, 0.15) is 0 Å². The summed E-state index contributed by atoms with van der Waals surface area (Å²) in [5.74, 6) is 1.90. The Hall–Kier alpha value is -0.0400. The molecule has 14 heavy (non-hydrogen) atoms. The molecule has 2 aliphatic heterocycles. The zero-order valence-electron chi connectivity index (χ0n) is 10.1. The van der Waals surface area contributed by atoms with Crippen LogP contribution in [0.2, 0.25) is 0 Å². The molecular weight excluding hydrogens is 170 g/mol. The van der Waals surface area contributed by atoms with E-state index in [1.165, 1.54) is 49.8 Å². The minimum Gasteiger partial charge on any atom is -0.321 e. The lowest BCUT2D eigenvalue weighted by Crippen LogP contribution is -2.63. The lowest BCUT2D eigenvalue weighted by Gasteiger charge is -2.53. The maximum absolute atomic E-state index is 2.50. The van der Waals surface area contributed by atoms with Crippen LogP contribution < -0.4 is 0 Å². The van der Waals surface area contributed by atoms with Gasteiger partial charge in [-0.15, -0.1) is 0 Å². The molecule has 3 unspecified atom stereocenters. The summed E-state index contributed by atoms with van der Waals surface area (Å²) in [5, 5.41) is 0. The van der Waals surface area contributed by atoms with Gasteiger partial charge >= 0.3 is 0 Å². The van der Waals surface area contributed by atoms with E-state index in [2.05, 4.69) is 20.8 Å². The topological polar surface area (TPSA) is 0 Å². The Morgan fingerprint density at radius 1 is 0.929 bits per heavy atom. The van der Waals surface area contributed by atoms with Crippen LogP contribution >= 0.6 is 0 Å². The van der Waals surface area contributed by atoms with E-state index < -0.39 is 0 Å². The molecule has 0 radical (unpaired) electrons. The second-order valence-corrected chi connectivity index (χ2v) is 5.97. The molecule has 0 bridgehead atoms. The van der Waals surface area contributed by atoms with E-state index in [0.29, 0.717) is 0 Å². The first kappa shape index (κ1) is 10.5. The van der Waals surface area contributed by atoms with E-state index >= 15 is 0 Å². The van der Waals surface area contributed by atoms with Crippen LogP contribution in [0, 0.1) is 11.8 Å². The highest BCUT2D eigenvalue weighted by Gasteiger charge is 2.43. The first-order chi connectivity index (χ1) is 6.64. The summed E-state index contributed by atoms with van der Waals surface area (Å²) < 4.78 is 1.46. The summed E-state index contributed by atoms with van der Waals surface area (Å²) in [6, 6.07) is 0.923. The maximum atomic E-state index is 2.50. The number of hydrogen-bond donors (Lipinski definition) is 0. The van der Waals surface area contributed by atoms with E-state index in [1.54, 1.807) is 0 Å². The summed E-state index contributed by atoms with van der Waals surface area (Å²) in [4.78, 5) is 0. The van der Waals surface area contributed by atoms with E-state index in [1.807, 2.05) is 0 Å². The van der Waals surface area contributed by atoms with Gasteiger partial charge in [-0.2, -0.15) is 0 Å². The molecule has 1 nitrogen and oxygen atoms in total. The Morgan fingerprint density at radius 3 is 2.21 bits per heavy atom. The fourth-order valence-corrected chi connectivity index (χ4v) is 3.96. The lowest BCUT2D eigenvalue weighted by molar-refractivity contribution is -0.964. The minimum atomic E-state index is 0.923. The van der Waals surface area contributed by atoms with Gasteiger partial charge in [0.15, 0.2) is 0 Å². The summed E-state index contributed by atoms with van der Waals surface area (Å²) in [7, 11) is 0. The zero-order chi connectivity index (χ0) is 10.2. The highest BCUT2D eigenvalue weighted by atomic mass is 15.4. The van der Waals surface area contributed by atoms with Gasteiger partial charge in [-0.1, -0.05) is 13.8 Å². The van der Waals surface area contributed by atoms with Gasteiger partial charge in [-0.25, -0.2) is 0 Å². The highest BCUT2D eigenvalue weighted by molar-refractivity contribution is 4.75. The Bertz CT molecular complexity index is 193. The Labute approximate surface area is 89.1 Å². The second kappa shape index (κ2) is 3.84. The van der Waals surface area contributed by atoms with Crippen LogP contribution in [0.5, 0.6) is 0 Å². The highest BCUT2D eigenvalue weighted by Crippen LogP contribution is 2.36. The third kappa shape index (κ3) is 1.71. The number of nitrogens with zero attached hydrogens (tertiary/aromatic N) is 1. The predicted octanol–water partition coefficient (Wildman–Crippen LogP) is 3.05. The van der Waals surface area contributed by atoms with E-state index in [9.17, 15) is 0 Å². The second-order valence-electron chi connectivity index (χ2n) is 5.97. The standard InChI is InChI=1S/C13H26N/c1-11-9-12(2)13(3)14(10-11)7-5-4-6-8-14/h11-13H,4-10H2,1-3H3/q+1. The number of piperidine rings is 2. The fourth-order valence-electron chi connectivity index (χ4n) is 3.96. The summed E-state index contributed by atoms with van der Waals surface area (Å²) in [5.41, 5.74) is 0. The van der Waals surface area contributed by atoms with E-state index in [4.69, 9.17) is 0 Å². The van der Waals surface area contributed by atoms with Crippen LogP contribution in [-0.2, 0) is 0 Å². The summed E-state index contributed by atoms with van der Waals surface area (Å²) in [6.07, 6.45) is 5.89. The van der Waals surface area contributed by atoms with Crippen LogP contribution in [-0.4, -0.2) is 30.2 Å². The molecule has 2 rings (SSSR count). The lowest BCUT2D eigenvalue weighted by atomic mass is 9.82. The Kier molecular flexibility index (Phi) is 2.88. The van der Waals surface area contributed by atoms with Crippen molar-refractivity contribution in [3.05, 3.63) is 0 Å². The molecule has 0 amide bonds. The third-order valence-corrected chi connectivity index (χ3v) is 4.84. The van der Waals surface area contributed by atoms with Crippen molar-refractivity contribution in [1.82, 2.24) is 0 Å². The first-order valence-corrected chi connectivity index (χ1v) is 6.50. The fraction of sp³-hybridized carbons (Fsp3) is 1.00. The monoisotopic (exact) mass is 196 g/mol. The van der Waals surface area contributed by atoms with Crippen LogP contribution in [0.4, 0.5) is 0 Å². The molecule has 0 N–H and O–H groups in total. The molecule has 1 spiro atoms. The number of rotatable bonds is 0. The largest absolute Gasteiger partial charge is 0.321 e. The van der Waals surface area contributed by atoms with Crippen molar-refractivity contribution in [2.75, 3.05) is 19.6 Å². The van der Waals surface area contributed by atoms with Crippen molar-refractivity contribution in [3.8, 4) is 0 Å². The molecule has 0 aromatic carbocycles. The average Bonchev–Trinajstić information content (AvgIpc) is 2.15. The molecule has 0 aromatic rings. The molecule has 2 saturated heterocycles. The molecular formula is C13H26N+. The summed E-state index contributed by atoms with van der Waals surface area (Å²) >= 11 is 0. The van der Waals surface area contributed by atoms with Gasteiger partial charge in [-0.3, -0.25) is 0 Å². The van der Waals surface area contributed by atoms with E-state index in [0.717, 1.165) is 17.9 Å². The van der Waals surface area contributed by atoms with Crippen molar-refractivity contribution in [3.63, 3.8) is 0 Å². The molecule has 82 valence electrons. The zero-order valence-corrected chi connectivity index (χ0v) is 10.1. The molecule has 0 aliphatic carbocycles. The van der Waals surface area contributed by atoms with Gasteiger partial charge in [0, 0.05) is 11.8 Å². The van der Waals surface area contributed by atoms with E-state index in [-0.39, 0.29) is 0 Å². The third-order valence-electron chi connectivity index (χ3n) is 4.84. The maximum Gasteiger partial charge on any atom is 0.0887 e. The molecule has 2 aliphatic rings. The predicted molar refractivity (Wildman–Crippen MR) is 61.1 cm³/mol. The van der Waals surface area contributed by atoms with Crippen LogP contribution in [0.25, 0.3) is 0 Å². The molecule has 0 aromatic heterocycles. The smallest absolute Gasteiger partial charge is 0.0887 e. The van der Waals surface area contributed by atoms with Crippen molar-refractivity contribution in [2.24, 2.45) is 11.8 Å².